The molecule has 2 nitrogen and oxygen atoms in total. The van der Waals surface area contributed by atoms with Crippen LogP contribution in [0.4, 0.5) is 0 Å². The molecule has 2 heteroatoms. The van der Waals surface area contributed by atoms with E-state index < -0.39 is 0 Å². The summed E-state index contributed by atoms with van der Waals surface area (Å²) >= 11 is 0. The molecule has 5 rings (SSSR count). The van der Waals surface area contributed by atoms with Gasteiger partial charge in [-0.2, -0.15) is 0 Å². The molecule has 150 valence electrons. The van der Waals surface area contributed by atoms with Gasteiger partial charge < -0.3 is 8.83 Å². The first-order chi connectivity index (χ1) is 14.5. The van der Waals surface area contributed by atoms with Gasteiger partial charge in [0.25, 0.3) is 0 Å². The molecule has 0 unspecified atom stereocenters. The van der Waals surface area contributed by atoms with Gasteiger partial charge in [-0.05, 0) is 23.3 Å². The fourth-order valence-corrected chi connectivity index (χ4v) is 4.34. The molecule has 3 aromatic carbocycles. The van der Waals surface area contributed by atoms with E-state index in [1.54, 1.807) is 0 Å². The number of fused-ring (bicyclic) bond motifs is 2. The van der Waals surface area contributed by atoms with Crippen molar-refractivity contribution >= 4 is 21.9 Å². The second-order valence-electron chi connectivity index (χ2n) is 8.57. The molecule has 2 aromatic heterocycles. The number of rotatable bonds is 4. The van der Waals surface area contributed by atoms with Crippen LogP contribution in [0.2, 0.25) is 0 Å². The summed E-state index contributed by atoms with van der Waals surface area (Å²) in [5.74, 6) is 2.63. The Bertz CT molecular complexity index is 1210. The van der Waals surface area contributed by atoms with Crippen LogP contribution < -0.4 is 0 Å². The van der Waals surface area contributed by atoms with E-state index in [1.165, 1.54) is 22.3 Å². The van der Waals surface area contributed by atoms with Crippen molar-refractivity contribution < 1.29 is 8.83 Å². The van der Waals surface area contributed by atoms with Gasteiger partial charge in [0.2, 0.25) is 0 Å². The van der Waals surface area contributed by atoms with Crippen LogP contribution in [-0.2, 0) is 0 Å². The fourth-order valence-electron chi connectivity index (χ4n) is 4.34. The van der Waals surface area contributed by atoms with Crippen LogP contribution in [0.3, 0.4) is 0 Å². The second kappa shape index (κ2) is 7.21. The predicted octanol–water partition coefficient (Wildman–Crippen LogP) is 8.76. The largest absolute Gasteiger partial charge is 0.460 e. The van der Waals surface area contributed by atoms with Crippen LogP contribution >= 0.6 is 0 Å². The lowest BCUT2D eigenvalue weighted by atomic mass is 9.95. The molecule has 0 N–H and O–H groups in total. The van der Waals surface area contributed by atoms with Crippen molar-refractivity contribution in [2.24, 2.45) is 0 Å². The minimum absolute atomic E-state index is 0.290. The van der Waals surface area contributed by atoms with Crippen molar-refractivity contribution in [2.75, 3.05) is 0 Å². The van der Waals surface area contributed by atoms with Gasteiger partial charge >= 0.3 is 0 Å². The fraction of sp³-hybridized carbons (Fsp3) is 0.214. The summed E-state index contributed by atoms with van der Waals surface area (Å²) in [6, 6.07) is 25.3. The second-order valence-corrected chi connectivity index (χ2v) is 8.57. The summed E-state index contributed by atoms with van der Waals surface area (Å²) in [6.07, 6.45) is 0. The molecular formula is C28H26O2. The maximum absolute atomic E-state index is 6.44. The van der Waals surface area contributed by atoms with Crippen molar-refractivity contribution in [1.82, 2.24) is 0 Å². The highest BCUT2D eigenvalue weighted by atomic mass is 16.3. The molecule has 30 heavy (non-hydrogen) atoms. The van der Waals surface area contributed by atoms with Gasteiger partial charge in [0.15, 0.2) is 0 Å². The highest BCUT2D eigenvalue weighted by Crippen LogP contribution is 2.44. The van der Waals surface area contributed by atoms with E-state index in [2.05, 4.69) is 88.4 Å². The smallest absolute Gasteiger partial charge is 0.135 e. The standard InChI is InChI=1S/C28H26O2/c1-17(2)27-25(19-11-7-5-8-12-19)21-15-24-22(16-23(21)29-27)26(28(30-24)18(3)4)20-13-9-6-10-14-20/h5-18H,1-4H3. The number of furan rings is 2. The molecule has 0 fully saturated rings. The van der Waals surface area contributed by atoms with Gasteiger partial charge in [-0.3, -0.25) is 0 Å². The van der Waals surface area contributed by atoms with E-state index in [1.807, 2.05) is 12.1 Å². The van der Waals surface area contributed by atoms with Crippen molar-refractivity contribution in [3.63, 3.8) is 0 Å². The van der Waals surface area contributed by atoms with Crippen LogP contribution in [0.5, 0.6) is 0 Å². The van der Waals surface area contributed by atoms with E-state index in [4.69, 9.17) is 8.83 Å². The molecule has 0 aliphatic carbocycles. The average molecular weight is 395 g/mol. The molecule has 0 bridgehead atoms. The Kier molecular flexibility index (Phi) is 4.51. The SMILES string of the molecule is CC(C)c1oc2cc3c(-c4ccccc4)c(C(C)C)oc3cc2c1-c1ccccc1. The van der Waals surface area contributed by atoms with Crippen LogP contribution in [-0.4, -0.2) is 0 Å². The summed E-state index contributed by atoms with van der Waals surface area (Å²) in [6.45, 7) is 8.72. The third kappa shape index (κ3) is 2.95. The van der Waals surface area contributed by atoms with E-state index in [9.17, 15) is 0 Å². The Labute approximate surface area is 177 Å². The van der Waals surface area contributed by atoms with Crippen molar-refractivity contribution in [2.45, 2.75) is 39.5 Å². The molecule has 5 aromatic rings. The molecule has 0 aliphatic heterocycles. The zero-order valence-corrected chi connectivity index (χ0v) is 17.9. The quantitative estimate of drug-likeness (QED) is 0.304. The Balaban J connectivity index is 1.85. The first-order valence-corrected chi connectivity index (χ1v) is 10.7. The van der Waals surface area contributed by atoms with Gasteiger partial charge in [0.05, 0.1) is 0 Å². The van der Waals surface area contributed by atoms with Crippen molar-refractivity contribution in [1.29, 1.82) is 0 Å². The van der Waals surface area contributed by atoms with E-state index >= 15 is 0 Å². The maximum atomic E-state index is 6.44. The van der Waals surface area contributed by atoms with Crippen LogP contribution in [0.1, 0.15) is 51.1 Å². The third-order valence-electron chi connectivity index (χ3n) is 5.73. The molecule has 0 saturated heterocycles. The van der Waals surface area contributed by atoms with Crippen LogP contribution in [0.15, 0.2) is 81.6 Å². The summed E-state index contributed by atoms with van der Waals surface area (Å²) in [4.78, 5) is 0. The third-order valence-corrected chi connectivity index (χ3v) is 5.73. The van der Waals surface area contributed by atoms with Crippen molar-refractivity contribution in [3.8, 4) is 22.3 Å². The molecule has 0 atom stereocenters. The first kappa shape index (κ1) is 18.7. The predicted molar refractivity (Wildman–Crippen MR) is 125 cm³/mol. The average Bonchev–Trinajstić information content (AvgIpc) is 3.31. The van der Waals surface area contributed by atoms with Crippen LogP contribution in [0, 0.1) is 0 Å². The van der Waals surface area contributed by atoms with E-state index in [0.717, 1.165) is 33.5 Å². The molecule has 0 saturated carbocycles. The summed E-state index contributed by atoms with van der Waals surface area (Å²) in [5, 5.41) is 2.22. The number of hydrogen-bond donors (Lipinski definition) is 0. The minimum atomic E-state index is 0.290. The summed E-state index contributed by atoms with van der Waals surface area (Å²) in [7, 11) is 0. The Morgan fingerprint density at radius 2 is 0.900 bits per heavy atom. The molecule has 0 radical (unpaired) electrons. The Hall–Kier alpha value is -3.26. The normalized spacial score (nSPS) is 11.9. The maximum Gasteiger partial charge on any atom is 0.135 e. The molecular weight excluding hydrogens is 368 g/mol. The van der Waals surface area contributed by atoms with E-state index in [0.29, 0.717) is 11.8 Å². The van der Waals surface area contributed by atoms with Gasteiger partial charge in [0.1, 0.15) is 22.7 Å². The lowest BCUT2D eigenvalue weighted by Crippen LogP contribution is -1.87. The highest BCUT2D eigenvalue weighted by Gasteiger charge is 2.23. The minimum Gasteiger partial charge on any atom is -0.460 e. The Morgan fingerprint density at radius 3 is 1.23 bits per heavy atom. The first-order valence-electron chi connectivity index (χ1n) is 10.7. The molecule has 0 spiro atoms. The number of hydrogen-bond acceptors (Lipinski definition) is 2. The molecule has 0 amide bonds. The highest BCUT2D eigenvalue weighted by molar-refractivity contribution is 6.07. The summed E-state index contributed by atoms with van der Waals surface area (Å²) in [5.41, 5.74) is 6.53. The zero-order chi connectivity index (χ0) is 20.8. The van der Waals surface area contributed by atoms with Crippen LogP contribution in [0.25, 0.3) is 44.2 Å². The lowest BCUT2D eigenvalue weighted by Gasteiger charge is -2.06. The lowest BCUT2D eigenvalue weighted by molar-refractivity contribution is 0.521. The molecule has 0 aliphatic rings. The topological polar surface area (TPSA) is 26.3 Å². The van der Waals surface area contributed by atoms with Crippen molar-refractivity contribution in [3.05, 3.63) is 84.3 Å². The number of benzene rings is 3. The molecule has 2 heterocycles. The summed E-state index contributed by atoms with van der Waals surface area (Å²) < 4.78 is 12.9. The van der Waals surface area contributed by atoms with E-state index in [-0.39, 0.29) is 0 Å². The van der Waals surface area contributed by atoms with Gasteiger partial charge in [-0.15, -0.1) is 0 Å². The monoisotopic (exact) mass is 394 g/mol. The van der Waals surface area contributed by atoms with Gasteiger partial charge in [-0.25, -0.2) is 0 Å². The van der Waals surface area contributed by atoms with Gasteiger partial charge in [0, 0.05) is 33.7 Å². The zero-order valence-electron chi connectivity index (χ0n) is 17.9. The van der Waals surface area contributed by atoms with Gasteiger partial charge in [-0.1, -0.05) is 88.4 Å². The Morgan fingerprint density at radius 1 is 0.533 bits per heavy atom.